The maximum absolute atomic E-state index is 5.94. The first kappa shape index (κ1) is 14.2. The zero-order chi connectivity index (χ0) is 14.9. The molecule has 1 aromatic carbocycles. The fourth-order valence-corrected chi connectivity index (χ4v) is 3.12. The maximum atomic E-state index is 5.94. The molecule has 1 fully saturated rings. The van der Waals surface area contributed by atoms with E-state index in [1.807, 2.05) is 30.3 Å². The molecule has 1 aromatic rings. The molecule has 1 aliphatic heterocycles. The van der Waals surface area contributed by atoms with Crippen LogP contribution < -0.4 is 0 Å². The first-order valence-corrected chi connectivity index (χ1v) is 11.0. The molecule has 0 amide bonds. The summed E-state index contributed by atoms with van der Waals surface area (Å²) in [6.07, 6.45) is 4.34. The maximum Gasteiger partial charge on any atom is 0.152 e. The highest BCUT2D eigenvalue weighted by Crippen LogP contribution is 2.50. The van der Waals surface area contributed by atoms with Crippen LogP contribution in [-0.2, 0) is 4.74 Å². The van der Waals surface area contributed by atoms with E-state index in [0.29, 0.717) is 0 Å². The molecule has 2 atom stereocenters. The fraction of sp³-hybridized carbons (Fsp3) is 0.368. The van der Waals surface area contributed by atoms with Gasteiger partial charge >= 0.3 is 0 Å². The average molecular weight is 292 g/mol. The van der Waals surface area contributed by atoms with Crippen molar-refractivity contribution in [3.63, 3.8) is 0 Å². The molecule has 1 aliphatic carbocycles. The Hall–Kier alpha value is -1.74. The van der Waals surface area contributed by atoms with Crippen molar-refractivity contribution in [1.29, 1.82) is 0 Å². The molecule has 106 valence electrons. The van der Waals surface area contributed by atoms with E-state index < -0.39 is 8.07 Å². The van der Waals surface area contributed by atoms with Gasteiger partial charge in [-0.3, -0.25) is 0 Å². The molecule has 0 aromatic heterocycles. The van der Waals surface area contributed by atoms with Crippen LogP contribution in [0.5, 0.6) is 0 Å². The van der Waals surface area contributed by atoms with Gasteiger partial charge in [-0.05, 0) is 25.0 Å². The van der Waals surface area contributed by atoms with Crippen LogP contribution in [0.15, 0.2) is 42.0 Å². The number of ether oxygens (including phenoxy) is 1. The molecule has 0 N–H and O–H groups in total. The molecular formula is C19H20OSi. The smallest absolute Gasteiger partial charge is 0.152 e. The summed E-state index contributed by atoms with van der Waals surface area (Å²) < 4.78 is 5.94. The van der Waals surface area contributed by atoms with Gasteiger partial charge in [0.15, 0.2) is 6.10 Å². The Morgan fingerprint density at radius 2 is 1.90 bits per heavy atom. The topological polar surface area (TPSA) is 12.5 Å². The van der Waals surface area contributed by atoms with Crippen LogP contribution in [-0.4, -0.2) is 19.8 Å². The lowest BCUT2D eigenvalue weighted by molar-refractivity contribution is 0.333. The Labute approximate surface area is 128 Å². The van der Waals surface area contributed by atoms with Crippen LogP contribution in [0.25, 0.3) is 0 Å². The van der Waals surface area contributed by atoms with E-state index in [-0.39, 0.29) is 11.7 Å². The third kappa shape index (κ3) is 3.13. The predicted molar refractivity (Wildman–Crippen MR) is 89.4 cm³/mol. The van der Waals surface area contributed by atoms with Crippen LogP contribution in [0.4, 0.5) is 0 Å². The summed E-state index contributed by atoms with van der Waals surface area (Å²) in [4.78, 5) is 0. The van der Waals surface area contributed by atoms with Crippen molar-refractivity contribution in [3.8, 4) is 23.3 Å². The second kappa shape index (κ2) is 5.23. The second-order valence-electron chi connectivity index (χ2n) is 6.68. The zero-order valence-corrected chi connectivity index (χ0v) is 13.9. The average Bonchev–Trinajstić information content (AvgIpc) is 2.99. The minimum Gasteiger partial charge on any atom is -0.346 e. The predicted octanol–water partition coefficient (Wildman–Crippen LogP) is 3.78. The highest BCUT2D eigenvalue weighted by Gasteiger charge is 2.59. The Balaban J connectivity index is 1.76. The molecule has 0 radical (unpaired) electrons. The normalized spacial score (nSPS) is 26.4. The number of epoxide rings is 1. The van der Waals surface area contributed by atoms with Crippen molar-refractivity contribution >= 4 is 8.07 Å². The third-order valence-electron chi connectivity index (χ3n) is 3.71. The molecule has 2 aliphatic rings. The molecular weight excluding hydrogens is 272 g/mol. The molecule has 0 bridgehead atoms. The number of hydrogen-bond acceptors (Lipinski definition) is 1. The number of rotatable bonds is 0. The summed E-state index contributed by atoms with van der Waals surface area (Å²) >= 11 is 0. The molecule has 1 spiro atoms. The molecule has 1 heterocycles. The van der Waals surface area contributed by atoms with E-state index in [2.05, 4.69) is 49.0 Å². The van der Waals surface area contributed by atoms with Crippen molar-refractivity contribution < 1.29 is 4.74 Å². The van der Waals surface area contributed by atoms with Crippen LogP contribution in [0.2, 0.25) is 19.6 Å². The van der Waals surface area contributed by atoms with E-state index in [4.69, 9.17) is 4.74 Å². The Kier molecular flexibility index (Phi) is 3.53. The Morgan fingerprint density at radius 3 is 2.62 bits per heavy atom. The van der Waals surface area contributed by atoms with E-state index >= 15 is 0 Å². The van der Waals surface area contributed by atoms with E-state index in [0.717, 1.165) is 24.0 Å². The number of hydrogen-bond donors (Lipinski definition) is 0. The highest BCUT2D eigenvalue weighted by molar-refractivity contribution is 6.83. The Bertz CT molecular complexity index is 688. The first-order valence-electron chi connectivity index (χ1n) is 7.48. The van der Waals surface area contributed by atoms with Crippen molar-refractivity contribution in [1.82, 2.24) is 0 Å². The fourth-order valence-electron chi connectivity index (χ4n) is 2.56. The molecule has 1 saturated heterocycles. The highest BCUT2D eigenvalue weighted by atomic mass is 28.3. The van der Waals surface area contributed by atoms with Crippen molar-refractivity contribution in [2.24, 2.45) is 0 Å². The quantitative estimate of drug-likeness (QED) is 0.403. The largest absolute Gasteiger partial charge is 0.346 e. The van der Waals surface area contributed by atoms with Gasteiger partial charge in [-0.25, -0.2) is 0 Å². The van der Waals surface area contributed by atoms with Crippen LogP contribution in [0, 0.1) is 23.3 Å². The van der Waals surface area contributed by atoms with Crippen molar-refractivity contribution in [2.45, 2.75) is 44.2 Å². The van der Waals surface area contributed by atoms with Gasteiger partial charge in [-0.1, -0.05) is 61.7 Å². The summed E-state index contributed by atoms with van der Waals surface area (Å²) in [6, 6.07) is 10.1. The Morgan fingerprint density at radius 1 is 1.14 bits per heavy atom. The van der Waals surface area contributed by atoms with Gasteiger partial charge in [0.2, 0.25) is 0 Å². The van der Waals surface area contributed by atoms with Gasteiger partial charge in [0.1, 0.15) is 13.7 Å². The zero-order valence-electron chi connectivity index (χ0n) is 12.9. The molecule has 0 saturated carbocycles. The number of allylic oxidation sites excluding steroid dienone is 1. The second-order valence-corrected chi connectivity index (χ2v) is 11.4. The SMILES string of the molecule is C[Si](C)(C)C#C[C@@H]1O[C@@]12CCC=C2C#Cc1ccccc1. The monoisotopic (exact) mass is 292 g/mol. The summed E-state index contributed by atoms with van der Waals surface area (Å²) in [5.74, 6) is 9.88. The lowest BCUT2D eigenvalue weighted by Crippen LogP contribution is -2.18. The van der Waals surface area contributed by atoms with E-state index in [9.17, 15) is 0 Å². The molecule has 0 unspecified atom stereocenters. The van der Waals surface area contributed by atoms with Crippen LogP contribution >= 0.6 is 0 Å². The number of benzene rings is 1. The van der Waals surface area contributed by atoms with E-state index in [1.165, 1.54) is 0 Å². The lowest BCUT2D eigenvalue weighted by Gasteiger charge is -2.04. The van der Waals surface area contributed by atoms with E-state index in [1.54, 1.807) is 0 Å². The lowest BCUT2D eigenvalue weighted by atomic mass is 9.97. The van der Waals surface area contributed by atoms with Gasteiger partial charge in [-0.2, -0.15) is 0 Å². The first-order chi connectivity index (χ1) is 10.00. The summed E-state index contributed by atoms with van der Waals surface area (Å²) in [5.41, 5.74) is 5.40. The molecule has 1 nitrogen and oxygen atoms in total. The molecule has 2 heteroatoms. The van der Waals surface area contributed by atoms with Crippen molar-refractivity contribution in [2.75, 3.05) is 0 Å². The van der Waals surface area contributed by atoms with Gasteiger partial charge in [-0.15, -0.1) is 5.54 Å². The third-order valence-corrected chi connectivity index (χ3v) is 4.60. The van der Waals surface area contributed by atoms with Crippen LogP contribution in [0.1, 0.15) is 18.4 Å². The van der Waals surface area contributed by atoms with Gasteiger partial charge in [0, 0.05) is 11.1 Å². The summed E-state index contributed by atoms with van der Waals surface area (Å²) in [7, 11) is -1.34. The van der Waals surface area contributed by atoms with Crippen LogP contribution in [0.3, 0.4) is 0 Å². The standard InChI is InChI=1S/C19H20OSi/c1-21(2,3)15-13-18-19(20-18)14-7-10-17(19)12-11-16-8-5-4-6-9-16/h4-6,8-10,18H,7,14H2,1-3H3/t18-,19+/m0/s1. The van der Waals surface area contributed by atoms with Gasteiger partial charge < -0.3 is 4.74 Å². The minimum absolute atomic E-state index is 0.0584. The van der Waals surface area contributed by atoms with Gasteiger partial charge in [0.25, 0.3) is 0 Å². The molecule has 21 heavy (non-hydrogen) atoms. The molecule has 3 rings (SSSR count). The summed E-state index contributed by atoms with van der Waals surface area (Å²) in [5, 5.41) is 0. The van der Waals surface area contributed by atoms with Crippen molar-refractivity contribution in [3.05, 3.63) is 47.5 Å². The van der Waals surface area contributed by atoms with Gasteiger partial charge in [0.05, 0.1) is 0 Å². The minimum atomic E-state index is -1.34. The summed E-state index contributed by atoms with van der Waals surface area (Å²) in [6.45, 7) is 6.78.